The Hall–Kier alpha value is -2.46. The highest BCUT2D eigenvalue weighted by Crippen LogP contribution is 2.19. The molecule has 3 aromatic rings. The van der Waals surface area contributed by atoms with Crippen molar-refractivity contribution in [3.63, 3.8) is 0 Å². The highest BCUT2D eigenvalue weighted by molar-refractivity contribution is 6.29. The molecule has 0 fully saturated rings. The van der Waals surface area contributed by atoms with E-state index < -0.39 is 0 Å². The molecule has 104 valence electrons. The summed E-state index contributed by atoms with van der Waals surface area (Å²) in [6.45, 7) is 0. The Balaban J connectivity index is 1.80. The summed E-state index contributed by atoms with van der Waals surface area (Å²) in [5.74, 6) is 0.0429. The van der Waals surface area contributed by atoms with Crippen molar-refractivity contribution in [1.29, 1.82) is 0 Å². The second kappa shape index (κ2) is 5.89. The van der Waals surface area contributed by atoms with Gasteiger partial charge in [0.15, 0.2) is 0 Å². The smallest absolute Gasteiger partial charge is 0.231 e. The number of amides is 1. The van der Waals surface area contributed by atoms with E-state index in [1.165, 1.54) is 6.20 Å². The van der Waals surface area contributed by atoms with E-state index in [9.17, 15) is 4.79 Å². The number of hydrogen-bond acceptors (Lipinski definition) is 3. The lowest BCUT2D eigenvalue weighted by molar-refractivity contribution is -0.115. The molecule has 0 unspecified atom stereocenters. The molecule has 1 aromatic heterocycles. The summed E-state index contributed by atoms with van der Waals surface area (Å²) in [7, 11) is 0. The molecular weight excluding hydrogens is 286 g/mol. The zero-order valence-corrected chi connectivity index (χ0v) is 11.8. The normalized spacial score (nSPS) is 10.5. The van der Waals surface area contributed by atoms with Crippen molar-refractivity contribution < 1.29 is 4.79 Å². The minimum absolute atomic E-state index is 0.173. The van der Waals surface area contributed by atoms with Crippen LogP contribution in [0.15, 0.2) is 54.7 Å². The molecule has 0 radical (unpaired) electrons. The van der Waals surface area contributed by atoms with Crippen LogP contribution in [0.4, 0.5) is 5.95 Å². The van der Waals surface area contributed by atoms with Crippen LogP contribution < -0.4 is 5.32 Å². The van der Waals surface area contributed by atoms with Crippen molar-refractivity contribution in [3.05, 3.63) is 65.4 Å². The van der Waals surface area contributed by atoms with Crippen LogP contribution in [0.5, 0.6) is 0 Å². The number of carbonyl (C=O) groups excluding carboxylic acids is 1. The van der Waals surface area contributed by atoms with Gasteiger partial charge in [-0.1, -0.05) is 54.1 Å². The molecule has 1 heterocycles. The minimum Gasteiger partial charge on any atom is -0.294 e. The van der Waals surface area contributed by atoms with Gasteiger partial charge < -0.3 is 0 Å². The molecule has 0 spiro atoms. The largest absolute Gasteiger partial charge is 0.294 e. The predicted molar refractivity (Wildman–Crippen MR) is 83.3 cm³/mol. The lowest BCUT2D eigenvalue weighted by atomic mass is 10.0. The molecule has 0 aliphatic carbocycles. The van der Waals surface area contributed by atoms with Crippen LogP contribution in [0.2, 0.25) is 5.15 Å². The third-order valence-corrected chi connectivity index (χ3v) is 3.31. The second-order valence-corrected chi connectivity index (χ2v) is 4.95. The Labute approximate surface area is 126 Å². The first-order chi connectivity index (χ1) is 10.2. The van der Waals surface area contributed by atoms with Crippen molar-refractivity contribution in [2.45, 2.75) is 6.42 Å². The average Bonchev–Trinajstić information content (AvgIpc) is 2.47. The van der Waals surface area contributed by atoms with E-state index in [-0.39, 0.29) is 18.3 Å². The van der Waals surface area contributed by atoms with Gasteiger partial charge in [-0.3, -0.25) is 10.1 Å². The number of hydrogen-bond donors (Lipinski definition) is 1. The zero-order valence-electron chi connectivity index (χ0n) is 11.1. The summed E-state index contributed by atoms with van der Waals surface area (Å²) in [5.41, 5.74) is 0.965. The molecule has 0 aliphatic heterocycles. The van der Waals surface area contributed by atoms with Crippen LogP contribution in [-0.4, -0.2) is 15.9 Å². The van der Waals surface area contributed by atoms with Gasteiger partial charge in [-0.2, -0.15) is 0 Å². The van der Waals surface area contributed by atoms with Gasteiger partial charge in [0.05, 0.1) is 6.42 Å². The van der Waals surface area contributed by atoms with E-state index >= 15 is 0 Å². The number of benzene rings is 2. The average molecular weight is 298 g/mol. The fourth-order valence-corrected chi connectivity index (χ4v) is 2.32. The number of anilines is 1. The molecule has 5 heteroatoms. The number of halogens is 1. The highest BCUT2D eigenvalue weighted by Gasteiger charge is 2.08. The predicted octanol–water partition coefficient (Wildman–Crippen LogP) is 3.46. The van der Waals surface area contributed by atoms with Crippen molar-refractivity contribution in [1.82, 2.24) is 9.97 Å². The van der Waals surface area contributed by atoms with Crippen molar-refractivity contribution in [2.24, 2.45) is 0 Å². The maximum atomic E-state index is 12.1. The fraction of sp³-hybridized carbons (Fsp3) is 0.0625. The molecule has 2 aromatic carbocycles. The van der Waals surface area contributed by atoms with Gasteiger partial charge in [0.1, 0.15) is 5.15 Å². The van der Waals surface area contributed by atoms with Gasteiger partial charge in [-0.25, -0.2) is 9.97 Å². The number of nitrogens with zero attached hydrogens (tertiary/aromatic N) is 2. The summed E-state index contributed by atoms with van der Waals surface area (Å²) in [5, 5.41) is 5.13. The van der Waals surface area contributed by atoms with E-state index in [1.807, 2.05) is 42.5 Å². The standard InChI is InChI=1S/C16H12ClN3O/c17-14-8-9-18-16(19-14)20-15(21)10-12-6-3-5-11-4-1-2-7-13(11)12/h1-9H,10H2,(H,18,19,20,21). The van der Waals surface area contributed by atoms with Gasteiger partial charge in [0, 0.05) is 6.20 Å². The molecular formula is C16H12ClN3O. The second-order valence-electron chi connectivity index (χ2n) is 4.57. The summed E-state index contributed by atoms with van der Waals surface area (Å²) < 4.78 is 0. The topological polar surface area (TPSA) is 54.9 Å². The van der Waals surface area contributed by atoms with Crippen molar-refractivity contribution in [3.8, 4) is 0 Å². The van der Waals surface area contributed by atoms with Gasteiger partial charge in [-0.05, 0) is 22.4 Å². The third-order valence-electron chi connectivity index (χ3n) is 3.10. The first-order valence-electron chi connectivity index (χ1n) is 6.47. The number of nitrogens with one attached hydrogen (secondary N) is 1. The number of fused-ring (bicyclic) bond motifs is 1. The van der Waals surface area contributed by atoms with Gasteiger partial charge in [0.2, 0.25) is 11.9 Å². The molecule has 0 bridgehead atoms. The molecule has 0 atom stereocenters. The van der Waals surface area contributed by atoms with Gasteiger partial charge >= 0.3 is 0 Å². The lowest BCUT2D eigenvalue weighted by Crippen LogP contribution is -2.16. The van der Waals surface area contributed by atoms with Crippen molar-refractivity contribution in [2.75, 3.05) is 5.32 Å². The molecule has 0 aliphatic rings. The third kappa shape index (κ3) is 3.17. The van der Waals surface area contributed by atoms with E-state index in [1.54, 1.807) is 6.07 Å². The van der Waals surface area contributed by atoms with Crippen LogP contribution in [0.25, 0.3) is 10.8 Å². The van der Waals surface area contributed by atoms with Crippen LogP contribution in [0, 0.1) is 0 Å². The SMILES string of the molecule is O=C(Cc1cccc2ccccc12)Nc1nccc(Cl)n1. The summed E-state index contributed by atoms with van der Waals surface area (Å²) in [6.07, 6.45) is 1.76. The summed E-state index contributed by atoms with van der Waals surface area (Å²) >= 11 is 5.76. The Morgan fingerprint density at radius 2 is 1.90 bits per heavy atom. The molecule has 1 N–H and O–H groups in total. The molecule has 0 saturated carbocycles. The van der Waals surface area contributed by atoms with E-state index in [4.69, 9.17) is 11.6 Å². The van der Waals surface area contributed by atoms with Crippen LogP contribution in [0.1, 0.15) is 5.56 Å². The Morgan fingerprint density at radius 1 is 1.10 bits per heavy atom. The summed E-state index contributed by atoms with van der Waals surface area (Å²) in [4.78, 5) is 20.0. The fourth-order valence-electron chi connectivity index (χ4n) is 2.19. The van der Waals surface area contributed by atoms with Gasteiger partial charge in [0.25, 0.3) is 0 Å². The zero-order chi connectivity index (χ0) is 14.7. The Bertz CT molecular complexity index is 799. The lowest BCUT2D eigenvalue weighted by Gasteiger charge is -2.07. The number of carbonyl (C=O) groups is 1. The molecule has 21 heavy (non-hydrogen) atoms. The molecule has 0 saturated heterocycles. The first-order valence-corrected chi connectivity index (χ1v) is 6.85. The van der Waals surface area contributed by atoms with Crippen LogP contribution in [-0.2, 0) is 11.2 Å². The highest BCUT2D eigenvalue weighted by atomic mass is 35.5. The molecule has 1 amide bonds. The van der Waals surface area contributed by atoms with E-state index in [0.29, 0.717) is 5.15 Å². The van der Waals surface area contributed by atoms with E-state index in [2.05, 4.69) is 15.3 Å². The van der Waals surface area contributed by atoms with E-state index in [0.717, 1.165) is 16.3 Å². The van der Waals surface area contributed by atoms with Gasteiger partial charge in [-0.15, -0.1) is 0 Å². The Kier molecular flexibility index (Phi) is 3.79. The maximum absolute atomic E-state index is 12.1. The number of rotatable bonds is 3. The quantitative estimate of drug-likeness (QED) is 0.753. The van der Waals surface area contributed by atoms with Crippen LogP contribution >= 0.6 is 11.6 Å². The van der Waals surface area contributed by atoms with Crippen LogP contribution in [0.3, 0.4) is 0 Å². The molecule has 3 rings (SSSR count). The summed E-state index contributed by atoms with van der Waals surface area (Å²) in [6, 6.07) is 15.4. The Morgan fingerprint density at radius 3 is 2.76 bits per heavy atom. The number of aromatic nitrogens is 2. The monoisotopic (exact) mass is 297 g/mol. The van der Waals surface area contributed by atoms with Crippen molar-refractivity contribution >= 4 is 34.2 Å². The maximum Gasteiger partial charge on any atom is 0.231 e. The minimum atomic E-state index is -0.173. The first kappa shape index (κ1) is 13.5. The molecule has 4 nitrogen and oxygen atoms in total.